The van der Waals surface area contributed by atoms with Crippen LogP contribution < -0.4 is 4.74 Å². The van der Waals surface area contributed by atoms with E-state index in [1.54, 1.807) is 48.8 Å². The molecule has 0 saturated carbocycles. The first-order valence-electron chi connectivity index (χ1n) is 10.8. The summed E-state index contributed by atoms with van der Waals surface area (Å²) in [7, 11) is 0. The lowest BCUT2D eigenvalue weighted by atomic mass is 9.96. The van der Waals surface area contributed by atoms with Crippen LogP contribution in [-0.2, 0) is 16.0 Å². The van der Waals surface area contributed by atoms with E-state index in [0.717, 1.165) is 5.56 Å². The summed E-state index contributed by atoms with van der Waals surface area (Å²) in [4.78, 5) is 31.7. The molecule has 8 heteroatoms. The van der Waals surface area contributed by atoms with E-state index in [9.17, 15) is 19.1 Å². The van der Waals surface area contributed by atoms with Crippen molar-refractivity contribution in [3.8, 4) is 5.75 Å². The molecule has 34 heavy (non-hydrogen) atoms. The van der Waals surface area contributed by atoms with Crippen molar-refractivity contribution in [2.75, 3.05) is 13.2 Å². The van der Waals surface area contributed by atoms with Crippen LogP contribution in [0.15, 0.2) is 72.6 Å². The van der Waals surface area contributed by atoms with Crippen LogP contribution in [-0.4, -0.2) is 39.8 Å². The number of benzene rings is 2. The highest BCUT2D eigenvalue weighted by Gasteiger charge is 2.46. The maximum absolute atomic E-state index is 13.3. The summed E-state index contributed by atoms with van der Waals surface area (Å²) >= 11 is 6.34. The molecule has 1 aliphatic rings. The van der Waals surface area contributed by atoms with Crippen LogP contribution in [0.2, 0.25) is 5.02 Å². The summed E-state index contributed by atoms with van der Waals surface area (Å²) in [6.07, 6.45) is 3.52. The first kappa shape index (κ1) is 23.4. The Hall–Kier alpha value is -3.71. The Kier molecular flexibility index (Phi) is 6.93. The fourth-order valence-corrected chi connectivity index (χ4v) is 4.19. The van der Waals surface area contributed by atoms with Gasteiger partial charge in [0.2, 0.25) is 0 Å². The van der Waals surface area contributed by atoms with Gasteiger partial charge in [0.05, 0.1) is 23.2 Å². The average Bonchev–Trinajstić information content (AvgIpc) is 3.10. The Balaban J connectivity index is 1.78. The van der Waals surface area contributed by atoms with Crippen molar-refractivity contribution in [3.05, 3.63) is 100 Å². The van der Waals surface area contributed by atoms with Crippen LogP contribution in [0.5, 0.6) is 5.75 Å². The second-order valence-corrected chi connectivity index (χ2v) is 8.14. The highest BCUT2D eigenvalue weighted by molar-refractivity contribution is 6.47. The number of rotatable bonds is 7. The molecule has 2 aromatic carbocycles. The van der Waals surface area contributed by atoms with Crippen LogP contribution in [0, 0.1) is 5.82 Å². The SMILES string of the molecule is CCOc1ccc(Cl)c(/C(O)=C2\C(=O)C(=O)N(CCc3ccc(F)cc3)C2c2cccnc2)c1. The van der Waals surface area contributed by atoms with Crippen LogP contribution >= 0.6 is 11.6 Å². The molecule has 4 rings (SSSR count). The zero-order valence-corrected chi connectivity index (χ0v) is 19.1. The van der Waals surface area contributed by atoms with Gasteiger partial charge in [-0.05, 0) is 60.9 Å². The molecule has 2 heterocycles. The molecule has 3 aromatic rings. The van der Waals surface area contributed by atoms with Gasteiger partial charge in [-0.1, -0.05) is 29.8 Å². The van der Waals surface area contributed by atoms with Crippen molar-refractivity contribution in [1.29, 1.82) is 0 Å². The van der Waals surface area contributed by atoms with E-state index >= 15 is 0 Å². The molecule has 0 bridgehead atoms. The van der Waals surface area contributed by atoms with Crippen molar-refractivity contribution in [2.24, 2.45) is 0 Å². The number of likely N-dealkylation sites (tertiary alicyclic amines) is 1. The van der Waals surface area contributed by atoms with Crippen LogP contribution in [0.4, 0.5) is 4.39 Å². The number of hydrogen-bond acceptors (Lipinski definition) is 5. The predicted molar refractivity (Wildman–Crippen MR) is 126 cm³/mol. The number of aliphatic hydroxyl groups excluding tert-OH is 1. The number of pyridine rings is 1. The highest BCUT2D eigenvalue weighted by atomic mass is 35.5. The molecule has 1 atom stereocenters. The van der Waals surface area contributed by atoms with E-state index in [1.807, 2.05) is 6.92 Å². The molecule has 0 aliphatic carbocycles. The minimum atomic E-state index is -0.860. The Morgan fingerprint density at radius 1 is 1.18 bits per heavy atom. The van der Waals surface area contributed by atoms with Gasteiger partial charge in [0, 0.05) is 24.5 Å². The molecular weight excluding hydrogens is 459 g/mol. The predicted octanol–water partition coefficient (Wildman–Crippen LogP) is 4.94. The fraction of sp³-hybridized carbons (Fsp3) is 0.192. The number of nitrogens with zero attached hydrogens (tertiary/aromatic N) is 2. The maximum Gasteiger partial charge on any atom is 0.295 e. The summed E-state index contributed by atoms with van der Waals surface area (Å²) in [6.45, 7) is 2.41. The maximum atomic E-state index is 13.3. The number of ether oxygens (including phenoxy) is 1. The van der Waals surface area contributed by atoms with Gasteiger partial charge in [-0.15, -0.1) is 0 Å². The molecule has 6 nitrogen and oxygen atoms in total. The van der Waals surface area contributed by atoms with Gasteiger partial charge in [-0.25, -0.2) is 4.39 Å². The van der Waals surface area contributed by atoms with E-state index in [2.05, 4.69) is 4.98 Å². The Labute approximate surface area is 201 Å². The topological polar surface area (TPSA) is 79.7 Å². The molecule has 0 radical (unpaired) electrons. The van der Waals surface area contributed by atoms with E-state index in [4.69, 9.17) is 16.3 Å². The minimum Gasteiger partial charge on any atom is -0.507 e. The van der Waals surface area contributed by atoms with Crippen molar-refractivity contribution in [1.82, 2.24) is 9.88 Å². The summed E-state index contributed by atoms with van der Waals surface area (Å²) in [5.41, 5.74) is 1.49. The number of aliphatic hydroxyl groups is 1. The van der Waals surface area contributed by atoms with Crippen LogP contribution in [0.25, 0.3) is 5.76 Å². The quantitative estimate of drug-likeness (QED) is 0.294. The Bertz CT molecular complexity index is 1250. The van der Waals surface area contributed by atoms with Gasteiger partial charge in [0.15, 0.2) is 0 Å². The van der Waals surface area contributed by atoms with Crippen molar-refractivity contribution in [3.63, 3.8) is 0 Å². The van der Waals surface area contributed by atoms with Crippen molar-refractivity contribution < 1.29 is 23.8 Å². The number of ketones is 1. The molecule has 1 amide bonds. The first-order chi connectivity index (χ1) is 16.4. The normalized spacial score (nSPS) is 17.3. The first-order valence-corrected chi connectivity index (χ1v) is 11.1. The molecule has 1 fully saturated rings. The van der Waals surface area contributed by atoms with Crippen LogP contribution in [0.3, 0.4) is 0 Å². The number of hydrogen-bond donors (Lipinski definition) is 1. The third kappa shape index (κ3) is 4.65. The Morgan fingerprint density at radius 3 is 2.62 bits per heavy atom. The lowest BCUT2D eigenvalue weighted by molar-refractivity contribution is -0.139. The van der Waals surface area contributed by atoms with Gasteiger partial charge in [-0.3, -0.25) is 14.6 Å². The van der Waals surface area contributed by atoms with Crippen molar-refractivity contribution in [2.45, 2.75) is 19.4 Å². The smallest absolute Gasteiger partial charge is 0.295 e. The number of halogens is 2. The molecule has 174 valence electrons. The second-order valence-electron chi connectivity index (χ2n) is 7.73. The lowest BCUT2D eigenvalue weighted by Crippen LogP contribution is -2.31. The lowest BCUT2D eigenvalue weighted by Gasteiger charge is -2.25. The number of amides is 1. The summed E-state index contributed by atoms with van der Waals surface area (Å²) in [5.74, 6) is -1.83. The number of carbonyl (C=O) groups is 2. The largest absolute Gasteiger partial charge is 0.507 e. The van der Waals surface area contributed by atoms with E-state index in [-0.39, 0.29) is 34.3 Å². The van der Waals surface area contributed by atoms with Gasteiger partial charge in [0.1, 0.15) is 17.3 Å². The number of Topliss-reactive ketones (excluding diaryl/α,β-unsaturated/α-hetero) is 1. The second kappa shape index (κ2) is 10.1. The average molecular weight is 481 g/mol. The van der Waals surface area contributed by atoms with Gasteiger partial charge < -0.3 is 14.7 Å². The van der Waals surface area contributed by atoms with Gasteiger partial charge >= 0.3 is 0 Å². The van der Waals surface area contributed by atoms with E-state index in [0.29, 0.717) is 24.3 Å². The number of carbonyl (C=O) groups excluding carboxylic acids is 2. The molecule has 1 saturated heterocycles. The third-order valence-electron chi connectivity index (χ3n) is 5.60. The Morgan fingerprint density at radius 2 is 1.94 bits per heavy atom. The molecule has 1 aliphatic heterocycles. The summed E-state index contributed by atoms with van der Waals surface area (Å²) < 4.78 is 18.8. The third-order valence-corrected chi connectivity index (χ3v) is 5.93. The fourth-order valence-electron chi connectivity index (χ4n) is 3.98. The highest BCUT2D eigenvalue weighted by Crippen LogP contribution is 2.41. The standard InChI is InChI=1S/C26H22ClFN2O4/c1-2-34-19-9-10-21(27)20(14-19)24(31)22-23(17-4-3-12-29-15-17)30(26(33)25(22)32)13-11-16-5-7-18(28)8-6-16/h3-10,12,14-15,23,31H,2,11,13H2,1H3/b24-22+. The summed E-state index contributed by atoms with van der Waals surface area (Å²) in [5, 5.41) is 11.4. The number of aromatic nitrogens is 1. The molecule has 0 spiro atoms. The van der Waals surface area contributed by atoms with Crippen molar-refractivity contribution >= 4 is 29.1 Å². The zero-order chi connectivity index (χ0) is 24.2. The van der Waals surface area contributed by atoms with Crippen LogP contribution in [0.1, 0.15) is 29.7 Å². The molecule has 1 unspecified atom stereocenters. The van der Waals surface area contributed by atoms with E-state index in [1.165, 1.54) is 23.1 Å². The molecular formula is C26H22ClFN2O4. The van der Waals surface area contributed by atoms with Gasteiger partial charge in [-0.2, -0.15) is 0 Å². The van der Waals surface area contributed by atoms with Gasteiger partial charge in [0.25, 0.3) is 11.7 Å². The molecule has 1 aromatic heterocycles. The zero-order valence-electron chi connectivity index (χ0n) is 18.4. The molecule has 1 N–H and O–H groups in total. The van der Waals surface area contributed by atoms with E-state index < -0.39 is 17.7 Å². The minimum absolute atomic E-state index is 0.0762. The monoisotopic (exact) mass is 480 g/mol. The summed E-state index contributed by atoms with van der Waals surface area (Å²) in [6, 6.07) is 13.3.